The predicted molar refractivity (Wildman–Crippen MR) is 86.9 cm³/mol. The third-order valence-electron chi connectivity index (χ3n) is 3.81. The minimum Gasteiger partial charge on any atom is -0.399 e. The van der Waals surface area contributed by atoms with Crippen molar-refractivity contribution in [3.8, 4) is 17.3 Å². The Hall–Kier alpha value is -2.73. The Labute approximate surface area is 124 Å². The first-order valence-electron chi connectivity index (χ1n) is 7.04. The van der Waals surface area contributed by atoms with E-state index in [1.807, 2.05) is 31.2 Å². The highest BCUT2D eigenvalue weighted by molar-refractivity contribution is 5.95. The summed E-state index contributed by atoms with van der Waals surface area (Å²) in [5.74, 6) is 0. The number of anilines is 1. The normalized spacial score (nSPS) is 10.7. The number of aryl methyl sites for hydroxylation is 2. The quantitative estimate of drug-likeness (QED) is 0.716. The molecule has 3 rings (SSSR count). The Morgan fingerprint density at radius 2 is 2.00 bits per heavy atom. The number of hydrogen-bond donors (Lipinski definition) is 1. The molecule has 0 aliphatic heterocycles. The van der Waals surface area contributed by atoms with Crippen LogP contribution in [0.15, 0.2) is 42.5 Å². The van der Waals surface area contributed by atoms with Crippen LogP contribution >= 0.6 is 0 Å². The third kappa shape index (κ3) is 2.05. The molecule has 2 N–H and O–H groups in total. The number of benzene rings is 2. The molecule has 1 heterocycles. The topological polar surface area (TPSA) is 54.7 Å². The van der Waals surface area contributed by atoms with Crippen molar-refractivity contribution in [1.29, 1.82) is 5.26 Å². The highest BCUT2D eigenvalue weighted by Gasteiger charge is 2.17. The SMILES string of the molecule is CCn1c(-c2cccc(N)c2)c(C#N)c2cc(C)ccc21. The molecule has 0 saturated carbocycles. The number of aromatic nitrogens is 1. The second-order valence-electron chi connectivity index (χ2n) is 5.23. The number of nitrogen functional groups attached to an aromatic ring is 1. The molecule has 0 unspecified atom stereocenters. The zero-order valence-electron chi connectivity index (χ0n) is 12.2. The van der Waals surface area contributed by atoms with Crippen LogP contribution in [0.1, 0.15) is 18.1 Å². The van der Waals surface area contributed by atoms with E-state index in [1.165, 1.54) is 0 Å². The van der Waals surface area contributed by atoms with E-state index in [0.717, 1.165) is 39.8 Å². The average Bonchev–Trinajstić information content (AvgIpc) is 2.79. The van der Waals surface area contributed by atoms with Gasteiger partial charge in [0, 0.05) is 28.7 Å². The minimum absolute atomic E-state index is 0.709. The van der Waals surface area contributed by atoms with Gasteiger partial charge in [-0.1, -0.05) is 23.8 Å². The van der Waals surface area contributed by atoms with E-state index in [0.29, 0.717) is 5.69 Å². The Bertz CT molecular complexity index is 866. The van der Waals surface area contributed by atoms with Crippen molar-refractivity contribution in [3.05, 3.63) is 53.6 Å². The number of hydrogen-bond acceptors (Lipinski definition) is 2. The van der Waals surface area contributed by atoms with Gasteiger partial charge in [0.15, 0.2) is 0 Å². The fourth-order valence-corrected chi connectivity index (χ4v) is 2.90. The molecule has 0 bridgehead atoms. The van der Waals surface area contributed by atoms with Crippen molar-refractivity contribution < 1.29 is 0 Å². The molecule has 0 saturated heterocycles. The summed E-state index contributed by atoms with van der Waals surface area (Å²) < 4.78 is 2.18. The van der Waals surface area contributed by atoms with Gasteiger partial charge in [-0.15, -0.1) is 0 Å². The lowest BCUT2D eigenvalue weighted by atomic mass is 10.0. The third-order valence-corrected chi connectivity index (χ3v) is 3.81. The number of fused-ring (bicyclic) bond motifs is 1. The highest BCUT2D eigenvalue weighted by atomic mass is 15.0. The Kier molecular flexibility index (Phi) is 3.15. The molecule has 3 nitrogen and oxygen atoms in total. The first-order valence-corrected chi connectivity index (χ1v) is 7.04. The number of nitrogens with zero attached hydrogens (tertiary/aromatic N) is 2. The average molecular weight is 275 g/mol. The molecule has 0 atom stereocenters. The molecule has 104 valence electrons. The molecule has 0 aliphatic carbocycles. The van der Waals surface area contributed by atoms with E-state index in [2.05, 4.69) is 35.8 Å². The molecular formula is C18H17N3. The summed E-state index contributed by atoms with van der Waals surface area (Å²) in [6, 6.07) is 16.3. The van der Waals surface area contributed by atoms with E-state index >= 15 is 0 Å². The molecular weight excluding hydrogens is 258 g/mol. The van der Waals surface area contributed by atoms with Crippen LogP contribution in [0.25, 0.3) is 22.2 Å². The van der Waals surface area contributed by atoms with Crippen LogP contribution in [0, 0.1) is 18.3 Å². The smallest absolute Gasteiger partial charge is 0.102 e. The molecule has 21 heavy (non-hydrogen) atoms. The summed E-state index contributed by atoms with van der Waals surface area (Å²) in [5, 5.41) is 10.7. The van der Waals surface area contributed by atoms with Crippen molar-refractivity contribution in [2.45, 2.75) is 20.4 Å². The molecule has 1 aromatic heterocycles. The maximum absolute atomic E-state index is 9.65. The fraction of sp³-hybridized carbons (Fsp3) is 0.167. The largest absolute Gasteiger partial charge is 0.399 e. The van der Waals surface area contributed by atoms with Crippen LogP contribution in [-0.2, 0) is 6.54 Å². The lowest BCUT2D eigenvalue weighted by Gasteiger charge is -2.09. The molecule has 2 aromatic carbocycles. The molecule has 3 aromatic rings. The molecule has 0 aliphatic rings. The van der Waals surface area contributed by atoms with Crippen LogP contribution in [0.5, 0.6) is 0 Å². The Morgan fingerprint density at radius 3 is 2.67 bits per heavy atom. The minimum atomic E-state index is 0.709. The van der Waals surface area contributed by atoms with Gasteiger partial charge in [-0.05, 0) is 38.1 Å². The van der Waals surface area contributed by atoms with Gasteiger partial charge in [-0.3, -0.25) is 0 Å². The first kappa shape index (κ1) is 13.3. The second-order valence-corrected chi connectivity index (χ2v) is 5.23. The lowest BCUT2D eigenvalue weighted by molar-refractivity contribution is 0.804. The first-order chi connectivity index (χ1) is 10.2. The summed E-state index contributed by atoms with van der Waals surface area (Å²) in [7, 11) is 0. The summed E-state index contributed by atoms with van der Waals surface area (Å²) in [4.78, 5) is 0. The molecule has 0 amide bonds. The zero-order chi connectivity index (χ0) is 15.0. The van der Waals surface area contributed by atoms with Crippen molar-refractivity contribution in [2.75, 3.05) is 5.73 Å². The predicted octanol–water partition coefficient (Wildman–Crippen LogP) is 4.09. The summed E-state index contributed by atoms with van der Waals surface area (Å²) in [6.45, 7) is 4.95. The fourth-order valence-electron chi connectivity index (χ4n) is 2.90. The van der Waals surface area contributed by atoms with Crippen LogP contribution in [0.3, 0.4) is 0 Å². The highest BCUT2D eigenvalue weighted by Crippen LogP contribution is 2.34. The standard InChI is InChI=1S/C18H17N3/c1-3-21-17-8-7-12(2)9-15(17)16(11-19)18(21)13-5-4-6-14(20)10-13/h4-10H,3,20H2,1-2H3. The van der Waals surface area contributed by atoms with E-state index in [-0.39, 0.29) is 0 Å². The lowest BCUT2D eigenvalue weighted by Crippen LogP contribution is -1.98. The summed E-state index contributed by atoms with van der Waals surface area (Å²) in [5.41, 5.74) is 11.5. The van der Waals surface area contributed by atoms with Gasteiger partial charge in [0.05, 0.1) is 11.3 Å². The van der Waals surface area contributed by atoms with Gasteiger partial charge in [-0.25, -0.2) is 0 Å². The molecule has 0 spiro atoms. The van der Waals surface area contributed by atoms with E-state index in [9.17, 15) is 5.26 Å². The van der Waals surface area contributed by atoms with Crippen molar-refractivity contribution >= 4 is 16.6 Å². The maximum atomic E-state index is 9.65. The Balaban J connectivity index is 2.44. The maximum Gasteiger partial charge on any atom is 0.102 e. The Morgan fingerprint density at radius 1 is 1.19 bits per heavy atom. The van der Waals surface area contributed by atoms with Crippen molar-refractivity contribution in [1.82, 2.24) is 4.57 Å². The summed E-state index contributed by atoms with van der Waals surface area (Å²) in [6.07, 6.45) is 0. The van der Waals surface area contributed by atoms with Crippen LogP contribution < -0.4 is 5.73 Å². The number of nitrogens with two attached hydrogens (primary N) is 1. The van der Waals surface area contributed by atoms with Gasteiger partial charge < -0.3 is 10.3 Å². The van der Waals surface area contributed by atoms with Crippen LogP contribution in [-0.4, -0.2) is 4.57 Å². The van der Waals surface area contributed by atoms with Gasteiger partial charge in [0.2, 0.25) is 0 Å². The van der Waals surface area contributed by atoms with Crippen molar-refractivity contribution in [3.63, 3.8) is 0 Å². The zero-order valence-corrected chi connectivity index (χ0v) is 12.2. The number of nitriles is 1. The molecule has 3 heteroatoms. The van der Waals surface area contributed by atoms with Gasteiger partial charge in [0.1, 0.15) is 6.07 Å². The van der Waals surface area contributed by atoms with E-state index in [4.69, 9.17) is 5.73 Å². The van der Waals surface area contributed by atoms with Gasteiger partial charge in [0.25, 0.3) is 0 Å². The van der Waals surface area contributed by atoms with Crippen LogP contribution in [0.4, 0.5) is 5.69 Å². The molecule has 0 radical (unpaired) electrons. The molecule has 0 fully saturated rings. The van der Waals surface area contributed by atoms with E-state index in [1.54, 1.807) is 0 Å². The van der Waals surface area contributed by atoms with Gasteiger partial charge in [-0.2, -0.15) is 5.26 Å². The second kappa shape index (κ2) is 4.99. The van der Waals surface area contributed by atoms with Crippen molar-refractivity contribution in [2.24, 2.45) is 0 Å². The van der Waals surface area contributed by atoms with Crippen LogP contribution in [0.2, 0.25) is 0 Å². The van der Waals surface area contributed by atoms with Gasteiger partial charge >= 0.3 is 0 Å². The van der Waals surface area contributed by atoms with E-state index < -0.39 is 0 Å². The monoisotopic (exact) mass is 275 g/mol. The number of rotatable bonds is 2. The summed E-state index contributed by atoms with van der Waals surface area (Å²) >= 11 is 0.